The van der Waals surface area contributed by atoms with Crippen LogP contribution in [-0.2, 0) is 0 Å². The molecule has 0 bridgehead atoms. The first kappa shape index (κ1) is 22.3. The third-order valence-electron chi connectivity index (χ3n) is 5.11. The molecular formula is C25H12ClN3O5S. The maximum Gasteiger partial charge on any atom is 0.345 e. The molecule has 0 fully saturated rings. The highest BCUT2D eigenvalue weighted by Crippen LogP contribution is 2.33. The molecule has 0 spiro atoms. The summed E-state index contributed by atoms with van der Waals surface area (Å²) in [6.45, 7) is 0. The summed E-state index contributed by atoms with van der Waals surface area (Å²) >= 11 is 7.39. The molecule has 0 amide bonds. The van der Waals surface area contributed by atoms with Gasteiger partial charge in [-0.3, -0.25) is 10.1 Å². The zero-order valence-electron chi connectivity index (χ0n) is 17.6. The highest BCUT2D eigenvalue weighted by Gasteiger charge is 2.16. The smallest absolute Gasteiger partial charge is 0.345 e. The topological polar surface area (TPSA) is 123 Å². The molecule has 0 aliphatic carbocycles. The first-order chi connectivity index (χ1) is 16.9. The predicted molar refractivity (Wildman–Crippen MR) is 133 cm³/mol. The van der Waals surface area contributed by atoms with E-state index in [4.69, 9.17) is 20.4 Å². The minimum Gasteiger partial charge on any atom is -0.457 e. The number of allylic oxidation sites excluding steroid dienone is 1. The Hall–Kier alpha value is -4.52. The third kappa shape index (κ3) is 4.36. The number of hydrogen-bond acceptors (Lipinski definition) is 8. The van der Waals surface area contributed by atoms with Crippen molar-refractivity contribution in [1.29, 1.82) is 5.26 Å². The van der Waals surface area contributed by atoms with Gasteiger partial charge in [0.15, 0.2) is 0 Å². The van der Waals surface area contributed by atoms with E-state index in [0.29, 0.717) is 38.9 Å². The second-order valence-electron chi connectivity index (χ2n) is 7.32. The first-order valence-electron chi connectivity index (χ1n) is 10.1. The maximum absolute atomic E-state index is 12.5. The summed E-state index contributed by atoms with van der Waals surface area (Å²) in [7, 11) is 0. The summed E-state index contributed by atoms with van der Waals surface area (Å²) in [6, 6.07) is 18.4. The highest BCUT2D eigenvalue weighted by atomic mass is 35.5. The maximum atomic E-state index is 12.5. The summed E-state index contributed by atoms with van der Waals surface area (Å²) in [5.74, 6) is 0.759. The van der Waals surface area contributed by atoms with Gasteiger partial charge in [0.2, 0.25) is 0 Å². The number of aromatic nitrogens is 1. The Kier molecular flexibility index (Phi) is 5.74. The van der Waals surface area contributed by atoms with Crippen molar-refractivity contribution < 1.29 is 13.8 Å². The summed E-state index contributed by atoms with van der Waals surface area (Å²) in [4.78, 5) is 27.3. The monoisotopic (exact) mass is 501 g/mol. The van der Waals surface area contributed by atoms with E-state index in [2.05, 4.69) is 11.1 Å². The molecular weight excluding hydrogens is 490 g/mol. The Morgan fingerprint density at radius 2 is 1.94 bits per heavy atom. The fourth-order valence-corrected chi connectivity index (χ4v) is 4.49. The van der Waals surface area contributed by atoms with Crippen molar-refractivity contribution in [3.63, 3.8) is 0 Å². The molecule has 2 aromatic carbocycles. The van der Waals surface area contributed by atoms with E-state index in [9.17, 15) is 20.2 Å². The Labute approximate surface area is 206 Å². The van der Waals surface area contributed by atoms with Crippen LogP contribution < -0.4 is 5.63 Å². The van der Waals surface area contributed by atoms with E-state index in [1.807, 2.05) is 12.1 Å². The molecule has 5 rings (SSSR count). The molecule has 5 aromatic rings. The van der Waals surface area contributed by atoms with Crippen molar-refractivity contribution in [3.05, 3.63) is 102 Å². The van der Waals surface area contributed by atoms with Crippen LogP contribution in [0.2, 0.25) is 5.02 Å². The fourth-order valence-electron chi connectivity index (χ4n) is 3.44. The lowest BCUT2D eigenvalue weighted by Gasteiger charge is -2.00. The Morgan fingerprint density at radius 1 is 1.11 bits per heavy atom. The zero-order chi connectivity index (χ0) is 24.5. The van der Waals surface area contributed by atoms with Crippen molar-refractivity contribution in [1.82, 2.24) is 4.98 Å². The molecule has 0 aliphatic rings. The summed E-state index contributed by atoms with van der Waals surface area (Å²) in [5.41, 5.74) is 1.27. The van der Waals surface area contributed by atoms with Crippen LogP contribution in [0.4, 0.5) is 5.69 Å². The van der Waals surface area contributed by atoms with Gasteiger partial charge in [-0.05, 0) is 30.3 Å². The van der Waals surface area contributed by atoms with Crippen LogP contribution in [0.5, 0.6) is 0 Å². The standard InChI is InChI=1S/C25H12ClN3O5S/c26-20-11-16(29(31)32)5-7-18(20)23-8-6-17(33-23)9-15(12-27)24-28-21(13-35-24)19-10-14-3-1-2-4-22(14)34-25(19)30/h1-11,13H. The normalized spacial score (nSPS) is 11.5. The number of nitro benzene ring substituents is 1. The van der Waals surface area contributed by atoms with E-state index in [1.165, 1.54) is 35.6 Å². The number of hydrogen-bond donors (Lipinski definition) is 0. The van der Waals surface area contributed by atoms with E-state index < -0.39 is 10.5 Å². The van der Waals surface area contributed by atoms with E-state index in [1.54, 1.807) is 35.7 Å². The quantitative estimate of drug-likeness (QED) is 0.112. The van der Waals surface area contributed by atoms with Gasteiger partial charge in [-0.25, -0.2) is 9.78 Å². The molecule has 10 heteroatoms. The second kappa shape index (κ2) is 9.02. The number of non-ortho nitro benzene ring substituents is 1. The van der Waals surface area contributed by atoms with Gasteiger partial charge in [0.25, 0.3) is 5.69 Å². The number of thiazole rings is 1. The lowest BCUT2D eigenvalue weighted by atomic mass is 10.1. The molecule has 0 aliphatic heterocycles. The number of nitrogens with zero attached hydrogens (tertiary/aromatic N) is 3. The Bertz CT molecular complexity index is 1740. The summed E-state index contributed by atoms with van der Waals surface area (Å²) in [5, 5.41) is 23.7. The molecule has 0 saturated heterocycles. The number of benzene rings is 2. The Balaban J connectivity index is 1.46. The number of nitriles is 1. The lowest BCUT2D eigenvalue weighted by Crippen LogP contribution is -2.02. The van der Waals surface area contributed by atoms with Crippen LogP contribution in [0.1, 0.15) is 10.8 Å². The predicted octanol–water partition coefficient (Wildman–Crippen LogP) is 6.80. The number of rotatable bonds is 5. The van der Waals surface area contributed by atoms with Gasteiger partial charge in [0.1, 0.15) is 28.2 Å². The molecule has 0 unspecified atom stereocenters. The molecule has 0 radical (unpaired) electrons. The van der Waals surface area contributed by atoms with Crippen LogP contribution in [0, 0.1) is 21.4 Å². The average Bonchev–Trinajstić information content (AvgIpc) is 3.52. The number of fused-ring (bicyclic) bond motifs is 1. The molecule has 0 N–H and O–H groups in total. The van der Waals surface area contributed by atoms with E-state index in [0.717, 1.165) is 5.39 Å². The molecule has 170 valence electrons. The average molecular weight is 502 g/mol. The molecule has 3 aromatic heterocycles. The number of furan rings is 1. The van der Waals surface area contributed by atoms with Crippen molar-refractivity contribution in [2.45, 2.75) is 0 Å². The summed E-state index contributed by atoms with van der Waals surface area (Å²) in [6.07, 6.45) is 1.52. The number of para-hydroxylation sites is 1. The lowest BCUT2D eigenvalue weighted by molar-refractivity contribution is -0.384. The number of nitro groups is 1. The van der Waals surface area contributed by atoms with Crippen molar-refractivity contribution in [2.24, 2.45) is 0 Å². The van der Waals surface area contributed by atoms with Gasteiger partial charge < -0.3 is 8.83 Å². The Morgan fingerprint density at radius 3 is 2.71 bits per heavy atom. The van der Waals surface area contributed by atoms with Gasteiger partial charge in [0, 0.05) is 34.5 Å². The van der Waals surface area contributed by atoms with Crippen molar-refractivity contribution >= 4 is 51.2 Å². The van der Waals surface area contributed by atoms with Gasteiger partial charge in [0.05, 0.1) is 26.8 Å². The number of halogens is 1. The van der Waals surface area contributed by atoms with Crippen LogP contribution in [-0.4, -0.2) is 9.91 Å². The second-order valence-corrected chi connectivity index (χ2v) is 8.58. The van der Waals surface area contributed by atoms with Crippen molar-refractivity contribution in [2.75, 3.05) is 0 Å². The van der Waals surface area contributed by atoms with Crippen LogP contribution in [0.15, 0.2) is 79.7 Å². The minimum atomic E-state index is -0.532. The molecule has 8 nitrogen and oxygen atoms in total. The van der Waals surface area contributed by atoms with Gasteiger partial charge in [-0.1, -0.05) is 29.8 Å². The van der Waals surface area contributed by atoms with Crippen LogP contribution in [0.25, 0.3) is 45.2 Å². The molecule has 0 atom stereocenters. The largest absolute Gasteiger partial charge is 0.457 e. The first-order valence-corrected chi connectivity index (χ1v) is 11.3. The molecule has 3 heterocycles. The molecule has 0 saturated carbocycles. The van der Waals surface area contributed by atoms with Gasteiger partial charge in [-0.15, -0.1) is 11.3 Å². The van der Waals surface area contributed by atoms with E-state index >= 15 is 0 Å². The zero-order valence-corrected chi connectivity index (χ0v) is 19.2. The minimum absolute atomic E-state index is 0.128. The van der Waals surface area contributed by atoms with Gasteiger partial charge in [-0.2, -0.15) is 5.26 Å². The van der Waals surface area contributed by atoms with Crippen LogP contribution >= 0.6 is 22.9 Å². The molecule has 35 heavy (non-hydrogen) atoms. The van der Waals surface area contributed by atoms with E-state index in [-0.39, 0.29) is 16.3 Å². The van der Waals surface area contributed by atoms with Crippen LogP contribution in [0.3, 0.4) is 0 Å². The van der Waals surface area contributed by atoms with Gasteiger partial charge >= 0.3 is 5.63 Å². The fraction of sp³-hybridized carbons (Fsp3) is 0. The third-order valence-corrected chi connectivity index (χ3v) is 6.30. The highest BCUT2D eigenvalue weighted by molar-refractivity contribution is 7.11. The SMILES string of the molecule is N#CC(=Cc1ccc(-c2ccc([N+](=O)[O-])cc2Cl)o1)c1nc(-c2cc3ccccc3oc2=O)cs1. The van der Waals surface area contributed by atoms with Crippen molar-refractivity contribution in [3.8, 4) is 28.7 Å². The summed E-state index contributed by atoms with van der Waals surface area (Å²) < 4.78 is 11.2.